The topological polar surface area (TPSA) is 34.1 Å². The predicted octanol–water partition coefficient (Wildman–Crippen LogP) is 3.98. The van der Waals surface area contributed by atoms with E-state index in [9.17, 15) is 9.59 Å². The molecule has 0 aliphatic heterocycles. The Bertz CT molecular complexity index is 508. The number of carbonyl (C=O) groups excluding carboxylic acids is 2. The van der Waals surface area contributed by atoms with Crippen LogP contribution in [0.25, 0.3) is 0 Å². The van der Waals surface area contributed by atoms with E-state index in [4.69, 9.17) is 0 Å². The molecule has 0 aromatic heterocycles. The maximum Gasteiger partial charge on any atom is 0.189 e. The van der Waals surface area contributed by atoms with Crippen LogP contribution in [0.15, 0.2) is 47.6 Å². The first-order valence-electron chi connectivity index (χ1n) is 6.04. The lowest BCUT2D eigenvalue weighted by molar-refractivity contribution is 0.102. The van der Waals surface area contributed by atoms with Gasteiger partial charge in [0, 0.05) is 11.1 Å². The molecule has 0 N–H and O–H groups in total. The van der Waals surface area contributed by atoms with Gasteiger partial charge in [0.25, 0.3) is 0 Å². The molecule has 0 unspecified atom stereocenters. The lowest BCUT2D eigenvalue weighted by Gasteiger charge is -2.06. The Morgan fingerprint density at radius 3 is 2.50 bits per heavy atom. The highest BCUT2D eigenvalue weighted by Crippen LogP contribution is 2.16. The zero-order valence-corrected chi connectivity index (χ0v) is 11.1. The summed E-state index contributed by atoms with van der Waals surface area (Å²) in [5.41, 5.74) is 2.51. The number of Topliss-reactive ketones (excluding diaryl/α,β-unsaturated/α-hetero) is 1. The summed E-state index contributed by atoms with van der Waals surface area (Å²) in [5, 5.41) is 0. The summed E-state index contributed by atoms with van der Waals surface area (Å²) >= 11 is 0. The molecule has 2 heteroatoms. The van der Waals surface area contributed by atoms with Gasteiger partial charge in [0.05, 0.1) is 0 Å². The van der Waals surface area contributed by atoms with E-state index in [2.05, 4.69) is 0 Å². The molecular formula is C16H18O2. The third-order valence-electron chi connectivity index (χ3n) is 2.87. The standard InChI is InChI=1S/C16H18O2/c1-4-5-8-12(2)13(3)16(18)15-10-7-6-9-14(15)11-17/h5-11H,4H2,1-3H3. The molecule has 18 heavy (non-hydrogen) atoms. The normalized spacial score (nSPS) is 12.4. The van der Waals surface area contributed by atoms with E-state index in [1.807, 2.05) is 26.0 Å². The number of rotatable bonds is 5. The molecular weight excluding hydrogens is 224 g/mol. The Balaban J connectivity index is 3.14. The Hall–Kier alpha value is -1.96. The summed E-state index contributed by atoms with van der Waals surface area (Å²) in [5.74, 6) is -0.0871. The van der Waals surface area contributed by atoms with Crippen molar-refractivity contribution < 1.29 is 9.59 Å². The molecule has 0 saturated heterocycles. The van der Waals surface area contributed by atoms with Crippen molar-refractivity contribution in [1.82, 2.24) is 0 Å². The van der Waals surface area contributed by atoms with Crippen LogP contribution >= 0.6 is 0 Å². The van der Waals surface area contributed by atoms with Gasteiger partial charge in [-0.25, -0.2) is 0 Å². The van der Waals surface area contributed by atoms with Gasteiger partial charge in [0.1, 0.15) is 0 Å². The van der Waals surface area contributed by atoms with Gasteiger partial charge < -0.3 is 0 Å². The first-order valence-corrected chi connectivity index (χ1v) is 6.04. The molecule has 0 atom stereocenters. The van der Waals surface area contributed by atoms with Crippen LogP contribution in [0.2, 0.25) is 0 Å². The van der Waals surface area contributed by atoms with E-state index in [0.29, 0.717) is 16.7 Å². The molecule has 1 aromatic carbocycles. The van der Waals surface area contributed by atoms with E-state index in [-0.39, 0.29) is 5.78 Å². The van der Waals surface area contributed by atoms with Crippen molar-refractivity contribution in [2.45, 2.75) is 27.2 Å². The van der Waals surface area contributed by atoms with Crippen LogP contribution in [0.5, 0.6) is 0 Å². The molecule has 0 spiro atoms. The molecule has 0 aliphatic carbocycles. The average Bonchev–Trinajstić information content (AvgIpc) is 2.42. The van der Waals surface area contributed by atoms with Crippen LogP contribution in [0.3, 0.4) is 0 Å². The molecule has 0 heterocycles. The van der Waals surface area contributed by atoms with E-state index in [0.717, 1.165) is 18.3 Å². The van der Waals surface area contributed by atoms with E-state index in [1.54, 1.807) is 31.2 Å². The van der Waals surface area contributed by atoms with Crippen molar-refractivity contribution in [3.8, 4) is 0 Å². The first-order chi connectivity index (χ1) is 8.61. The number of aldehydes is 1. The molecule has 0 amide bonds. The largest absolute Gasteiger partial charge is 0.298 e. The third-order valence-corrected chi connectivity index (χ3v) is 2.87. The summed E-state index contributed by atoms with van der Waals surface area (Å²) in [6, 6.07) is 6.87. The van der Waals surface area contributed by atoms with Crippen molar-refractivity contribution in [2.75, 3.05) is 0 Å². The van der Waals surface area contributed by atoms with Gasteiger partial charge in [0.2, 0.25) is 0 Å². The highest BCUT2D eigenvalue weighted by molar-refractivity contribution is 6.12. The average molecular weight is 242 g/mol. The fourth-order valence-corrected chi connectivity index (χ4v) is 1.61. The molecule has 0 radical (unpaired) electrons. The highest BCUT2D eigenvalue weighted by atomic mass is 16.1. The molecule has 1 aromatic rings. The summed E-state index contributed by atoms with van der Waals surface area (Å²) in [6.07, 6.45) is 5.61. The lowest BCUT2D eigenvalue weighted by atomic mass is 9.97. The Labute approximate surface area is 108 Å². The lowest BCUT2D eigenvalue weighted by Crippen LogP contribution is -2.06. The first kappa shape index (κ1) is 14.1. The third kappa shape index (κ3) is 3.27. The molecule has 0 saturated carbocycles. The minimum absolute atomic E-state index is 0.0871. The zero-order valence-electron chi connectivity index (χ0n) is 11.1. The molecule has 94 valence electrons. The van der Waals surface area contributed by atoms with E-state index >= 15 is 0 Å². The fraction of sp³-hybridized carbons (Fsp3) is 0.250. The summed E-state index contributed by atoms with van der Waals surface area (Å²) < 4.78 is 0. The van der Waals surface area contributed by atoms with Crippen molar-refractivity contribution in [3.63, 3.8) is 0 Å². The van der Waals surface area contributed by atoms with Crippen LogP contribution in [-0.4, -0.2) is 12.1 Å². The Kier molecular flexibility index (Phi) is 5.25. The second kappa shape index (κ2) is 6.70. The number of hydrogen-bond donors (Lipinski definition) is 0. The zero-order chi connectivity index (χ0) is 13.5. The summed E-state index contributed by atoms with van der Waals surface area (Å²) in [4.78, 5) is 23.2. The second-order valence-corrected chi connectivity index (χ2v) is 4.15. The Morgan fingerprint density at radius 1 is 1.22 bits per heavy atom. The molecule has 0 fully saturated rings. The highest BCUT2D eigenvalue weighted by Gasteiger charge is 2.13. The van der Waals surface area contributed by atoms with Crippen molar-refractivity contribution >= 4 is 12.1 Å². The smallest absolute Gasteiger partial charge is 0.189 e. The van der Waals surface area contributed by atoms with Gasteiger partial charge in [-0.1, -0.05) is 43.3 Å². The van der Waals surface area contributed by atoms with E-state index < -0.39 is 0 Å². The van der Waals surface area contributed by atoms with E-state index in [1.165, 1.54) is 0 Å². The van der Waals surface area contributed by atoms with Gasteiger partial charge in [-0.2, -0.15) is 0 Å². The van der Waals surface area contributed by atoms with Crippen molar-refractivity contribution in [1.29, 1.82) is 0 Å². The molecule has 0 aliphatic rings. The summed E-state index contributed by atoms with van der Waals surface area (Å²) in [7, 11) is 0. The number of ketones is 1. The van der Waals surface area contributed by atoms with Crippen LogP contribution in [0.1, 0.15) is 47.9 Å². The van der Waals surface area contributed by atoms with Gasteiger partial charge >= 0.3 is 0 Å². The fourth-order valence-electron chi connectivity index (χ4n) is 1.61. The Morgan fingerprint density at radius 2 is 1.89 bits per heavy atom. The van der Waals surface area contributed by atoms with Crippen molar-refractivity contribution in [2.24, 2.45) is 0 Å². The predicted molar refractivity (Wildman–Crippen MR) is 74.0 cm³/mol. The maximum absolute atomic E-state index is 12.3. The molecule has 2 nitrogen and oxygen atoms in total. The number of benzene rings is 1. The minimum atomic E-state index is -0.0871. The SMILES string of the molecule is CCC=CC(C)=C(C)C(=O)c1ccccc1C=O. The number of hydrogen-bond acceptors (Lipinski definition) is 2. The van der Waals surface area contributed by atoms with Crippen LogP contribution in [0, 0.1) is 0 Å². The van der Waals surface area contributed by atoms with Gasteiger partial charge in [-0.05, 0) is 31.4 Å². The monoisotopic (exact) mass is 242 g/mol. The number of allylic oxidation sites excluding steroid dienone is 4. The quantitative estimate of drug-likeness (QED) is 0.338. The van der Waals surface area contributed by atoms with Crippen LogP contribution in [0.4, 0.5) is 0 Å². The maximum atomic E-state index is 12.3. The van der Waals surface area contributed by atoms with Crippen LogP contribution < -0.4 is 0 Å². The van der Waals surface area contributed by atoms with Crippen molar-refractivity contribution in [3.05, 3.63) is 58.7 Å². The van der Waals surface area contributed by atoms with Gasteiger partial charge in [-0.3, -0.25) is 9.59 Å². The molecule has 0 bridgehead atoms. The van der Waals surface area contributed by atoms with Gasteiger partial charge in [0.15, 0.2) is 12.1 Å². The number of carbonyl (C=O) groups is 2. The molecule has 1 rings (SSSR count). The van der Waals surface area contributed by atoms with Crippen LogP contribution in [-0.2, 0) is 0 Å². The van der Waals surface area contributed by atoms with Gasteiger partial charge in [-0.15, -0.1) is 0 Å². The second-order valence-electron chi connectivity index (χ2n) is 4.15. The minimum Gasteiger partial charge on any atom is -0.298 e. The summed E-state index contributed by atoms with van der Waals surface area (Å²) in [6.45, 7) is 5.74.